The van der Waals surface area contributed by atoms with Gasteiger partial charge in [0.15, 0.2) is 5.78 Å². The van der Waals surface area contributed by atoms with E-state index < -0.39 is 29.9 Å². The number of nitrogens with zero attached hydrogens (tertiary/aromatic N) is 1. The van der Waals surface area contributed by atoms with Crippen molar-refractivity contribution in [3.63, 3.8) is 0 Å². The first-order chi connectivity index (χ1) is 15.7. The minimum Gasteiger partial charge on any atom is -0.481 e. The number of nitrogens with one attached hydrogen (secondary N) is 2. The first-order valence-corrected chi connectivity index (χ1v) is 11.3. The summed E-state index contributed by atoms with van der Waals surface area (Å²) >= 11 is 1.18. The van der Waals surface area contributed by atoms with Crippen molar-refractivity contribution < 1.29 is 29.0 Å². The molecule has 1 aromatic carbocycles. The van der Waals surface area contributed by atoms with E-state index in [1.54, 1.807) is 24.3 Å². The zero-order chi connectivity index (χ0) is 24.4. The number of pyridine rings is 1. The molecule has 10 heteroatoms. The lowest BCUT2D eigenvalue weighted by atomic mass is 9.97. The second-order valence-corrected chi connectivity index (χ2v) is 8.56. The van der Waals surface area contributed by atoms with Crippen molar-refractivity contribution in [1.82, 2.24) is 10.3 Å². The predicted molar refractivity (Wildman–Crippen MR) is 126 cm³/mol. The number of Topliss-reactive ketones (excluding diaryl/α,β-unsaturated/α-hetero) is 1. The number of aliphatic carboxylic acids is 1. The van der Waals surface area contributed by atoms with E-state index in [0.29, 0.717) is 11.3 Å². The van der Waals surface area contributed by atoms with Gasteiger partial charge in [-0.3, -0.25) is 14.6 Å². The molecule has 0 saturated heterocycles. The molecule has 0 spiro atoms. The molecule has 9 nitrogen and oxygen atoms in total. The Bertz CT molecular complexity index is 979. The lowest BCUT2D eigenvalue weighted by molar-refractivity contribution is -0.142. The molecule has 3 N–H and O–H groups in total. The number of thioether (sulfide) groups is 1. The van der Waals surface area contributed by atoms with Crippen molar-refractivity contribution in [2.45, 2.75) is 26.3 Å². The van der Waals surface area contributed by atoms with E-state index in [1.807, 2.05) is 19.9 Å². The summed E-state index contributed by atoms with van der Waals surface area (Å²) in [6.45, 7) is 3.81. The Balaban J connectivity index is 2.00. The number of hydrogen-bond donors (Lipinski definition) is 3. The smallest absolute Gasteiger partial charge is 0.329 e. The molecule has 0 saturated carbocycles. The molecule has 0 aliphatic rings. The molecule has 0 radical (unpaired) electrons. The van der Waals surface area contributed by atoms with Gasteiger partial charge in [0.2, 0.25) is 0 Å². The topological polar surface area (TPSA) is 135 Å². The Morgan fingerprint density at radius 2 is 1.82 bits per heavy atom. The first-order valence-electron chi connectivity index (χ1n) is 10.2. The number of methoxy groups -OCH3 is 1. The van der Waals surface area contributed by atoms with Crippen molar-refractivity contribution >= 4 is 41.2 Å². The Hall–Kier alpha value is -3.40. The maximum Gasteiger partial charge on any atom is 0.329 e. The standard InChI is InChI=1S/C23H27N3O6S/c1-14-7-15(2)9-18(8-14)25-23(31)26-19(22(30)32-3)13-33-12-17(10-20(27)28)21(29)16-5-4-6-24-11-16/h4-9,11,17,19H,10,12-13H2,1-3H3,(H,27,28)(H2,25,26,31)/t17?,19-/m0/s1. The van der Waals surface area contributed by atoms with Gasteiger partial charge in [0.25, 0.3) is 0 Å². The van der Waals surface area contributed by atoms with Crippen molar-refractivity contribution in [2.75, 3.05) is 23.9 Å². The molecule has 1 heterocycles. The number of anilines is 1. The van der Waals surface area contributed by atoms with Crippen LogP contribution in [-0.4, -0.2) is 58.5 Å². The Morgan fingerprint density at radius 3 is 2.39 bits per heavy atom. The maximum absolute atomic E-state index is 12.7. The fourth-order valence-corrected chi connectivity index (χ4v) is 4.34. The number of ketones is 1. The number of amides is 2. The highest BCUT2D eigenvalue weighted by Crippen LogP contribution is 2.19. The number of hydrogen-bond acceptors (Lipinski definition) is 7. The number of aryl methyl sites for hydroxylation is 2. The van der Waals surface area contributed by atoms with Crippen LogP contribution in [0.3, 0.4) is 0 Å². The molecule has 2 amide bonds. The molecule has 0 aliphatic heterocycles. The quantitative estimate of drug-likeness (QED) is 0.335. The van der Waals surface area contributed by atoms with Crippen molar-refractivity contribution in [1.29, 1.82) is 0 Å². The fourth-order valence-electron chi connectivity index (χ4n) is 3.19. The van der Waals surface area contributed by atoms with Crippen LogP contribution in [0.25, 0.3) is 0 Å². The zero-order valence-corrected chi connectivity index (χ0v) is 19.5. The largest absolute Gasteiger partial charge is 0.481 e. The Labute approximate surface area is 196 Å². The molecule has 0 bridgehead atoms. The SMILES string of the molecule is COC(=O)[C@H](CSCC(CC(=O)O)C(=O)c1cccnc1)NC(=O)Nc1cc(C)cc(C)c1. The van der Waals surface area contributed by atoms with Crippen LogP contribution in [0.4, 0.5) is 10.5 Å². The minimum absolute atomic E-state index is 0.101. The van der Waals surface area contributed by atoms with Gasteiger partial charge in [-0.05, 0) is 49.2 Å². The minimum atomic E-state index is -1.10. The molecular weight excluding hydrogens is 446 g/mol. The number of carbonyl (C=O) groups excluding carboxylic acids is 3. The number of carboxylic acid groups (broad SMARTS) is 1. The predicted octanol–water partition coefficient (Wildman–Crippen LogP) is 3.07. The van der Waals surface area contributed by atoms with Crippen LogP contribution in [0.1, 0.15) is 27.9 Å². The van der Waals surface area contributed by atoms with E-state index in [4.69, 9.17) is 4.74 Å². The van der Waals surface area contributed by atoms with E-state index in [0.717, 1.165) is 11.1 Å². The number of carboxylic acids is 1. The lowest BCUT2D eigenvalue weighted by Gasteiger charge is -2.19. The number of carbonyl (C=O) groups is 4. The number of rotatable bonds is 11. The molecular formula is C23H27N3O6S. The summed E-state index contributed by atoms with van der Waals surface area (Å²) in [7, 11) is 1.21. The Kier molecular flexibility index (Phi) is 9.86. The number of esters is 1. The molecule has 2 atom stereocenters. The summed E-state index contributed by atoms with van der Waals surface area (Å²) in [6.07, 6.45) is 2.55. The second-order valence-electron chi connectivity index (χ2n) is 7.49. The van der Waals surface area contributed by atoms with Crippen LogP contribution < -0.4 is 10.6 Å². The van der Waals surface area contributed by atoms with Crippen molar-refractivity contribution in [3.8, 4) is 0 Å². The van der Waals surface area contributed by atoms with Crippen LogP contribution in [-0.2, 0) is 14.3 Å². The number of urea groups is 1. The first kappa shape index (κ1) is 25.9. The van der Waals surface area contributed by atoms with Gasteiger partial charge in [-0.15, -0.1) is 0 Å². The normalized spacial score (nSPS) is 12.3. The van der Waals surface area contributed by atoms with E-state index in [9.17, 15) is 24.3 Å². The van der Waals surface area contributed by atoms with E-state index in [2.05, 4.69) is 15.6 Å². The summed E-state index contributed by atoms with van der Waals surface area (Å²) in [5, 5.41) is 14.5. The summed E-state index contributed by atoms with van der Waals surface area (Å²) in [4.78, 5) is 52.4. The molecule has 176 valence electrons. The molecule has 1 aromatic heterocycles. The van der Waals surface area contributed by atoms with Gasteiger partial charge in [0.05, 0.1) is 13.5 Å². The average Bonchev–Trinajstić information content (AvgIpc) is 2.76. The van der Waals surface area contributed by atoms with Gasteiger partial charge in [-0.25, -0.2) is 9.59 Å². The molecule has 0 aliphatic carbocycles. The highest BCUT2D eigenvalue weighted by Gasteiger charge is 2.26. The van der Waals surface area contributed by atoms with Crippen molar-refractivity contribution in [2.24, 2.45) is 5.92 Å². The van der Waals surface area contributed by atoms with Crippen LogP contribution in [0.5, 0.6) is 0 Å². The average molecular weight is 474 g/mol. The number of benzene rings is 1. The number of aromatic nitrogens is 1. The van der Waals surface area contributed by atoms with Crippen molar-refractivity contribution in [3.05, 3.63) is 59.4 Å². The fraction of sp³-hybridized carbons (Fsp3) is 0.348. The van der Waals surface area contributed by atoms with Crippen LogP contribution in [0, 0.1) is 19.8 Å². The van der Waals surface area contributed by atoms with Crippen LogP contribution in [0.2, 0.25) is 0 Å². The van der Waals surface area contributed by atoms with Crippen LogP contribution in [0.15, 0.2) is 42.7 Å². The summed E-state index contributed by atoms with van der Waals surface area (Å²) in [6, 6.07) is 7.19. The second kappa shape index (κ2) is 12.6. The van der Waals surface area contributed by atoms with Gasteiger partial charge in [0, 0.05) is 41.1 Å². The molecule has 1 unspecified atom stereocenters. The van der Waals surface area contributed by atoms with Gasteiger partial charge < -0.3 is 20.5 Å². The third-order valence-corrected chi connectivity index (χ3v) is 5.82. The Morgan fingerprint density at radius 1 is 1.12 bits per heavy atom. The van der Waals surface area contributed by atoms with E-state index in [-0.39, 0.29) is 23.7 Å². The van der Waals surface area contributed by atoms with E-state index >= 15 is 0 Å². The molecule has 2 rings (SSSR count). The zero-order valence-electron chi connectivity index (χ0n) is 18.7. The van der Waals surface area contributed by atoms with Gasteiger partial charge >= 0.3 is 18.0 Å². The molecule has 0 fully saturated rings. The van der Waals surface area contributed by atoms with Crippen LogP contribution >= 0.6 is 11.8 Å². The maximum atomic E-state index is 12.7. The molecule has 33 heavy (non-hydrogen) atoms. The summed E-state index contributed by atoms with van der Waals surface area (Å²) in [5.74, 6) is -2.65. The summed E-state index contributed by atoms with van der Waals surface area (Å²) in [5.41, 5.74) is 2.87. The molecule has 2 aromatic rings. The third kappa shape index (κ3) is 8.57. The third-order valence-electron chi connectivity index (χ3n) is 4.61. The van der Waals surface area contributed by atoms with Gasteiger partial charge in [-0.2, -0.15) is 11.8 Å². The van der Waals surface area contributed by atoms with Gasteiger partial charge in [-0.1, -0.05) is 6.07 Å². The highest BCUT2D eigenvalue weighted by molar-refractivity contribution is 7.99. The van der Waals surface area contributed by atoms with Gasteiger partial charge in [0.1, 0.15) is 6.04 Å². The lowest BCUT2D eigenvalue weighted by Crippen LogP contribution is -2.45. The monoisotopic (exact) mass is 473 g/mol. The highest BCUT2D eigenvalue weighted by atomic mass is 32.2. The van der Waals surface area contributed by atoms with E-state index in [1.165, 1.54) is 31.3 Å². The summed E-state index contributed by atoms with van der Waals surface area (Å²) < 4.78 is 4.78. The number of ether oxygens (including phenoxy) is 1.